The highest BCUT2D eigenvalue weighted by Gasteiger charge is 2.27. The largest absolute Gasteiger partial charge is 0.475 e. The van der Waals surface area contributed by atoms with E-state index in [0.717, 1.165) is 4.88 Å². The Bertz CT molecular complexity index is 802. The average Bonchev–Trinajstić information content (AvgIpc) is 3.24. The Morgan fingerprint density at radius 2 is 1.84 bits per heavy atom. The van der Waals surface area contributed by atoms with Crippen LogP contribution in [0.1, 0.15) is 48.5 Å². The summed E-state index contributed by atoms with van der Waals surface area (Å²) >= 11 is 1.45. The molecule has 3 rings (SSSR count). The van der Waals surface area contributed by atoms with E-state index in [0.29, 0.717) is 30.8 Å². The number of amides is 2. The van der Waals surface area contributed by atoms with E-state index in [-0.39, 0.29) is 29.4 Å². The summed E-state index contributed by atoms with van der Waals surface area (Å²) in [6.07, 6.45) is 1.29. The van der Waals surface area contributed by atoms with Crippen molar-refractivity contribution in [2.24, 2.45) is 0 Å². The third kappa shape index (κ3) is 3.90. The molecule has 132 valence electrons. The number of aromatic carboxylic acids is 1. The number of rotatable bonds is 4. The lowest BCUT2D eigenvalue weighted by Crippen LogP contribution is -2.46. The summed E-state index contributed by atoms with van der Waals surface area (Å²) in [4.78, 5) is 38.7. The van der Waals surface area contributed by atoms with Crippen LogP contribution in [0.2, 0.25) is 0 Å². The summed E-state index contributed by atoms with van der Waals surface area (Å²) < 4.78 is 5.05. The third-order valence-electron chi connectivity index (χ3n) is 4.11. The van der Waals surface area contributed by atoms with Gasteiger partial charge in [0.25, 0.3) is 11.8 Å². The molecule has 0 spiro atoms. The number of likely N-dealkylation sites (tertiary alicyclic amines) is 1. The molecule has 1 aliphatic heterocycles. The van der Waals surface area contributed by atoms with Gasteiger partial charge >= 0.3 is 5.97 Å². The van der Waals surface area contributed by atoms with Crippen LogP contribution in [-0.4, -0.2) is 46.9 Å². The maximum absolute atomic E-state index is 12.3. The quantitative estimate of drug-likeness (QED) is 0.870. The van der Waals surface area contributed by atoms with Gasteiger partial charge in [0.1, 0.15) is 0 Å². The molecule has 1 fully saturated rings. The lowest BCUT2D eigenvalue weighted by molar-refractivity contribution is 0.0636. The van der Waals surface area contributed by atoms with Crippen molar-refractivity contribution in [3.8, 4) is 0 Å². The molecule has 2 aromatic rings. The van der Waals surface area contributed by atoms with Gasteiger partial charge in [-0.15, -0.1) is 11.3 Å². The van der Waals surface area contributed by atoms with Gasteiger partial charge in [0.05, 0.1) is 4.88 Å². The molecule has 2 N–H and O–H groups in total. The number of nitrogens with zero attached hydrogens (tertiary/aromatic N) is 1. The van der Waals surface area contributed by atoms with Crippen LogP contribution in [0.3, 0.4) is 0 Å². The SMILES string of the molecule is Cc1ccc(C(=O)NC2CCN(C(=O)c3ccc(C(=O)O)o3)CC2)s1. The molecule has 0 saturated carbocycles. The molecule has 8 heteroatoms. The Balaban J connectivity index is 1.53. The Morgan fingerprint density at radius 3 is 2.40 bits per heavy atom. The first-order valence-corrected chi connectivity index (χ1v) is 8.75. The number of carbonyl (C=O) groups excluding carboxylic acids is 2. The first-order valence-electron chi connectivity index (χ1n) is 7.94. The summed E-state index contributed by atoms with van der Waals surface area (Å²) in [7, 11) is 0. The van der Waals surface area contributed by atoms with Gasteiger partial charge in [-0.25, -0.2) is 4.79 Å². The summed E-state index contributed by atoms with van der Waals surface area (Å²) in [6, 6.07) is 6.38. The normalized spacial score (nSPS) is 15.2. The first kappa shape index (κ1) is 17.2. The second-order valence-corrected chi connectivity index (χ2v) is 7.21. The lowest BCUT2D eigenvalue weighted by Gasteiger charge is -2.31. The monoisotopic (exact) mass is 362 g/mol. The average molecular weight is 362 g/mol. The molecule has 0 aliphatic carbocycles. The minimum absolute atomic E-state index is 0.0186. The standard InChI is InChI=1S/C17H18N2O5S/c1-10-2-5-14(25-10)15(20)18-11-6-8-19(9-7-11)16(21)12-3-4-13(24-12)17(22)23/h2-5,11H,6-9H2,1H3,(H,18,20)(H,22,23). The molecule has 0 bridgehead atoms. The van der Waals surface area contributed by atoms with Crippen molar-refractivity contribution >= 4 is 29.1 Å². The van der Waals surface area contributed by atoms with Gasteiger partial charge in [-0.3, -0.25) is 9.59 Å². The maximum Gasteiger partial charge on any atom is 0.371 e. The number of piperidine rings is 1. The van der Waals surface area contributed by atoms with Crippen molar-refractivity contribution in [3.63, 3.8) is 0 Å². The van der Waals surface area contributed by atoms with E-state index in [9.17, 15) is 14.4 Å². The Hall–Kier alpha value is -2.61. The molecule has 0 radical (unpaired) electrons. The number of furan rings is 1. The minimum Gasteiger partial charge on any atom is -0.475 e. The highest BCUT2D eigenvalue weighted by Crippen LogP contribution is 2.18. The van der Waals surface area contributed by atoms with Crippen molar-refractivity contribution in [2.45, 2.75) is 25.8 Å². The number of carbonyl (C=O) groups is 3. The summed E-state index contributed by atoms with van der Waals surface area (Å²) in [5, 5.41) is 11.8. The summed E-state index contributed by atoms with van der Waals surface area (Å²) in [6.45, 7) is 2.92. The summed E-state index contributed by atoms with van der Waals surface area (Å²) in [5.41, 5.74) is 0. The molecular weight excluding hydrogens is 344 g/mol. The van der Waals surface area contributed by atoms with Crippen LogP contribution < -0.4 is 5.32 Å². The van der Waals surface area contributed by atoms with Gasteiger partial charge in [0, 0.05) is 24.0 Å². The second-order valence-electron chi connectivity index (χ2n) is 5.92. The molecule has 1 saturated heterocycles. The number of hydrogen-bond acceptors (Lipinski definition) is 5. The molecule has 3 heterocycles. The minimum atomic E-state index is -1.20. The molecule has 2 amide bonds. The van der Waals surface area contributed by atoms with Gasteiger partial charge in [-0.2, -0.15) is 0 Å². The zero-order valence-corrected chi connectivity index (χ0v) is 14.5. The van der Waals surface area contributed by atoms with Crippen LogP contribution in [-0.2, 0) is 0 Å². The number of carboxylic acid groups (broad SMARTS) is 1. The number of thiophene rings is 1. The number of aryl methyl sites for hydroxylation is 1. The van der Waals surface area contributed by atoms with Crippen molar-refractivity contribution in [1.82, 2.24) is 10.2 Å². The molecule has 0 atom stereocenters. The molecule has 7 nitrogen and oxygen atoms in total. The molecular formula is C17H18N2O5S. The van der Waals surface area contributed by atoms with E-state index in [1.54, 1.807) is 4.90 Å². The van der Waals surface area contributed by atoms with E-state index in [2.05, 4.69) is 5.32 Å². The topological polar surface area (TPSA) is 99.9 Å². The molecule has 0 aromatic carbocycles. The van der Waals surface area contributed by atoms with Gasteiger partial charge in [0.2, 0.25) is 5.76 Å². The smallest absolute Gasteiger partial charge is 0.371 e. The van der Waals surface area contributed by atoms with Crippen molar-refractivity contribution in [3.05, 3.63) is 45.5 Å². The van der Waals surface area contributed by atoms with E-state index in [1.165, 1.54) is 23.5 Å². The zero-order valence-electron chi connectivity index (χ0n) is 13.7. The van der Waals surface area contributed by atoms with Crippen LogP contribution in [0, 0.1) is 6.92 Å². The number of hydrogen-bond donors (Lipinski definition) is 2. The van der Waals surface area contributed by atoms with Crippen LogP contribution >= 0.6 is 11.3 Å². The van der Waals surface area contributed by atoms with E-state index < -0.39 is 5.97 Å². The van der Waals surface area contributed by atoms with E-state index in [1.807, 2.05) is 19.1 Å². The Morgan fingerprint density at radius 1 is 1.16 bits per heavy atom. The van der Waals surface area contributed by atoms with Gasteiger partial charge in [0.15, 0.2) is 5.76 Å². The highest BCUT2D eigenvalue weighted by atomic mass is 32.1. The fourth-order valence-corrected chi connectivity index (χ4v) is 3.53. The van der Waals surface area contributed by atoms with Gasteiger partial charge < -0.3 is 19.7 Å². The predicted octanol–water partition coefficient (Wildman–Crippen LogP) is 2.38. The van der Waals surface area contributed by atoms with E-state index >= 15 is 0 Å². The highest BCUT2D eigenvalue weighted by molar-refractivity contribution is 7.13. The van der Waals surface area contributed by atoms with Crippen molar-refractivity contribution in [1.29, 1.82) is 0 Å². The van der Waals surface area contributed by atoms with Crippen molar-refractivity contribution < 1.29 is 23.9 Å². The zero-order chi connectivity index (χ0) is 18.0. The second kappa shape index (κ2) is 7.10. The number of carboxylic acids is 1. The van der Waals surface area contributed by atoms with Gasteiger partial charge in [-0.1, -0.05) is 0 Å². The van der Waals surface area contributed by atoms with Crippen LogP contribution in [0.5, 0.6) is 0 Å². The van der Waals surface area contributed by atoms with Crippen LogP contribution in [0.25, 0.3) is 0 Å². The molecule has 25 heavy (non-hydrogen) atoms. The fourth-order valence-electron chi connectivity index (χ4n) is 2.76. The number of nitrogens with one attached hydrogen (secondary N) is 1. The fraction of sp³-hybridized carbons (Fsp3) is 0.353. The predicted molar refractivity (Wildman–Crippen MR) is 91.1 cm³/mol. The maximum atomic E-state index is 12.3. The molecule has 0 unspecified atom stereocenters. The molecule has 2 aromatic heterocycles. The third-order valence-corrected chi connectivity index (χ3v) is 5.11. The lowest BCUT2D eigenvalue weighted by atomic mass is 10.0. The Kier molecular flexibility index (Phi) is 4.89. The van der Waals surface area contributed by atoms with Crippen LogP contribution in [0.15, 0.2) is 28.7 Å². The Labute approximate surface area is 148 Å². The van der Waals surface area contributed by atoms with E-state index in [4.69, 9.17) is 9.52 Å². The van der Waals surface area contributed by atoms with Crippen LogP contribution in [0.4, 0.5) is 0 Å². The summed E-state index contributed by atoms with van der Waals surface area (Å²) in [5.74, 6) is -1.85. The molecule has 1 aliphatic rings. The first-order chi connectivity index (χ1) is 11.9. The van der Waals surface area contributed by atoms with Crippen molar-refractivity contribution in [2.75, 3.05) is 13.1 Å². The van der Waals surface area contributed by atoms with Gasteiger partial charge in [-0.05, 0) is 44.0 Å².